The van der Waals surface area contributed by atoms with Gasteiger partial charge in [-0.1, -0.05) is 12.1 Å². The predicted octanol–water partition coefficient (Wildman–Crippen LogP) is 3.76. The van der Waals surface area contributed by atoms with Crippen LogP contribution in [0.3, 0.4) is 0 Å². The molecule has 6 nitrogen and oxygen atoms in total. The first-order valence-corrected chi connectivity index (χ1v) is 7.55. The maximum atomic E-state index is 13.2. The van der Waals surface area contributed by atoms with Crippen molar-refractivity contribution >= 4 is 23.2 Å². The lowest BCUT2D eigenvalue weighted by Crippen LogP contribution is -2.13. The molecule has 0 aliphatic rings. The van der Waals surface area contributed by atoms with Crippen molar-refractivity contribution in [1.29, 1.82) is 0 Å². The molecule has 2 aromatic carbocycles. The molecule has 0 bridgehead atoms. The number of carbonyl (C=O) groups is 1. The normalized spacial score (nSPS) is 10.3. The molecule has 0 atom stereocenters. The standard InChI is InChI=1S/C18H14F2N4O2/c1-26-16-5-3-2-4-15(16)24-18-21-9-11(10-22-18)17(25)23-12-6-7-13(19)14(20)8-12/h2-10H,1H3,(H,23,25)(H,21,22,24). The van der Waals surface area contributed by atoms with Gasteiger partial charge in [0.25, 0.3) is 5.91 Å². The van der Waals surface area contributed by atoms with Crippen LogP contribution in [-0.2, 0) is 0 Å². The maximum absolute atomic E-state index is 13.2. The van der Waals surface area contributed by atoms with Crippen LogP contribution < -0.4 is 15.4 Å². The maximum Gasteiger partial charge on any atom is 0.258 e. The van der Waals surface area contributed by atoms with E-state index in [0.29, 0.717) is 11.4 Å². The molecule has 3 aromatic rings. The Kier molecular flexibility index (Phi) is 5.02. The number of anilines is 3. The van der Waals surface area contributed by atoms with Gasteiger partial charge in [0.1, 0.15) is 5.75 Å². The Bertz CT molecular complexity index is 933. The minimum absolute atomic E-state index is 0.130. The second-order valence-electron chi connectivity index (χ2n) is 5.20. The summed E-state index contributed by atoms with van der Waals surface area (Å²) in [5, 5.41) is 5.43. The zero-order chi connectivity index (χ0) is 18.5. The average Bonchev–Trinajstić information content (AvgIpc) is 2.66. The zero-order valence-corrected chi connectivity index (χ0v) is 13.7. The van der Waals surface area contributed by atoms with Gasteiger partial charge in [0.2, 0.25) is 5.95 Å². The van der Waals surface area contributed by atoms with Crippen molar-refractivity contribution < 1.29 is 18.3 Å². The van der Waals surface area contributed by atoms with E-state index in [1.165, 1.54) is 18.5 Å². The lowest BCUT2D eigenvalue weighted by Gasteiger charge is -2.10. The average molecular weight is 356 g/mol. The Balaban J connectivity index is 1.70. The van der Waals surface area contributed by atoms with Gasteiger partial charge < -0.3 is 15.4 Å². The zero-order valence-electron chi connectivity index (χ0n) is 13.7. The van der Waals surface area contributed by atoms with Crippen molar-refractivity contribution in [1.82, 2.24) is 9.97 Å². The highest BCUT2D eigenvalue weighted by Gasteiger charge is 2.10. The van der Waals surface area contributed by atoms with Crippen LogP contribution in [-0.4, -0.2) is 23.0 Å². The highest BCUT2D eigenvalue weighted by atomic mass is 19.2. The molecule has 1 heterocycles. The van der Waals surface area contributed by atoms with Gasteiger partial charge in [0.05, 0.1) is 18.4 Å². The Morgan fingerprint density at radius 2 is 1.77 bits per heavy atom. The minimum atomic E-state index is -1.05. The third-order valence-corrected chi connectivity index (χ3v) is 3.44. The van der Waals surface area contributed by atoms with Gasteiger partial charge in [0.15, 0.2) is 11.6 Å². The Labute approximate surface area is 147 Å². The van der Waals surface area contributed by atoms with Gasteiger partial charge in [-0.15, -0.1) is 0 Å². The number of halogens is 2. The van der Waals surface area contributed by atoms with Crippen LogP contribution in [0.1, 0.15) is 10.4 Å². The second kappa shape index (κ2) is 7.56. The number of rotatable bonds is 5. The van der Waals surface area contributed by atoms with Gasteiger partial charge in [-0.2, -0.15) is 0 Å². The molecular formula is C18H14F2N4O2. The van der Waals surface area contributed by atoms with E-state index >= 15 is 0 Å². The van der Waals surface area contributed by atoms with Gasteiger partial charge in [-0.05, 0) is 24.3 Å². The number of nitrogens with zero attached hydrogens (tertiary/aromatic N) is 2. The molecule has 0 fully saturated rings. The first-order chi connectivity index (χ1) is 12.6. The predicted molar refractivity (Wildman–Crippen MR) is 92.6 cm³/mol. The van der Waals surface area contributed by atoms with Crippen LogP contribution in [0.15, 0.2) is 54.9 Å². The summed E-state index contributed by atoms with van der Waals surface area (Å²) in [7, 11) is 1.55. The molecule has 8 heteroatoms. The highest BCUT2D eigenvalue weighted by molar-refractivity contribution is 6.03. The van der Waals surface area contributed by atoms with E-state index in [1.54, 1.807) is 19.2 Å². The highest BCUT2D eigenvalue weighted by Crippen LogP contribution is 2.25. The van der Waals surface area contributed by atoms with Crippen LogP contribution in [0.5, 0.6) is 5.75 Å². The summed E-state index contributed by atoms with van der Waals surface area (Å²) in [5.74, 6) is -1.68. The molecule has 26 heavy (non-hydrogen) atoms. The number of ether oxygens (including phenoxy) is 1. The molecule has 2 N–H and O–H groups in total. The molecule has 0 aliphatic carbocycles. The van der Waals surface area contributed by atoms with E-state index in [0.717, 1.165) is 12.1 Å². The fraction of sp³-hybridized carbons (Fsp3) is 0.0556. The molecule has 3 rings (SSSR count). The molecule has 1 aromatic heterocycles. The summed E-state index contributed by atoms with van der Waals surface area (Å²) in [6, 6.07) is 10.3. The summed E-state index contributed by atoms with van der Waals surface area (Å²) in [6.07, 6.45) is 2.64. The topological polar surface area (TPSA) is 76.1 Å². The number of hydrogen-bond acceptors (Lipinski definition) is 5. The van der Waals surface area contributed by atoms with Gasteiger partial charge in [-0.3, -0.25) is 4.79 Å². The Hall–Kier alpha value is -3.55. The lowest BCUT2D eigenvalue weighted by molar-refractivity contribution is 0.102. The number of methoxy groups -OCH3 is 1. The summed E-state index contributed by atoms with van der Waals surface area (Å²) < 4.78 is 31.3. The van der Waals surface area contributed by atoms with E-state index < -0.39 is 17.5 Å². The van der Waals surface area contributed by atoms with E-state index in [9.17, 15) is 13.6 Å². The fourth-order valence-electron chi connectivity index (χ4n) is 2.16. The molecule has 132 valence electrons. The van der Waals surface area contributed by atoms with Gasteiger partial charge in [0, 0.05) is 24.1 Å². The largest absolute Gasteiger partial charge is 0.495 e. The van der Waals surface area contributed by atoms with Crippen LogP contribution in [0.2, 0.25) is 0 Å². The van der Waals surface area contributed by atoms with Crippen molar-refractivity contribution in [3.05, 3.63) is 72.1 Å². The first kappa shape index (κ1) is 17.3. The number of hydrogen-bond donors (Lipinski definition) is 2. The smallest absolute Gasteiger partial charge is 0.258 e. The SMILES string of the molecule is COc1ccccc1Nc1ncc(C(=O)Nc2ccc(F)c(F)c2)cn1. The summed E-state index contributed by atoms with van der Waals surface area (Å²) in [5.41, 5.74) is 0.972. The molecule has 0 unspecified atom stereocenters. The molecule has 0 aliphatic heterocycles. The summed E-state index contributed by atoms with van der Waals surface area (Å²) >= 11 is 0. The fourth-order valence-corrected chi connectivity index (χ4v) is 2.16. The third-order valence-electron chi connectivity index (χ3n) is 3.44. The van der Waals surface area contributed by atoms with Crippen LogP contribution in [0.25, 0.3) is 0 Å². The molecule has 0 saturated carbocycles. The molecule has 0 radical (unpaired) electrons. The number of nitrogens with one attached hydrogen (secondary N) is 2. The van der Waals surface area contributed by atoms with Crippen molar-refractivity contribution in [3.63, 3.8) is 0 Å². The molecule has 0 spiro atoms. The second-order valence-corrected chi connectivity index (χ2v) is 5.20. The monoisotopic (exact) mass is 356 g/mol. The number of benzene rings is 2. The van der Waals surface area contributed by atoms with Gasteiger partial charge in [-0.25, -0.2) is 18.7 Å². The number of aromatic nitrogens is 2. The number of para-hydroxylation sites is 2. The number of amides is 1. The molecular weight excluding hydrogens is 342 g/mol. The summed E-state index contributed by atoms with van der Waals surface area (Å²) in [6.45, 7) is 0. The molecule has 0 saturated heterocycles. The van der Waals surface area contributed by atoms with E-state index in [-0.39, 0.29) is 17.2 Å². The Morgan fingerprint density at radius 3 is 2.46 bits per heavy atom. The lowest BCUT2D eigenvalue weighted by atomic mass is 10.2. The van der Waals surface area contributed by atoms with E-state index in [1.807, 2.05) is 12.1 Å². The summed E-state index contributed by atoms with van der Waals surface area (Å²) in [4.78, 5) is 20.3. The van der Waals surface area contributed by atoms with E-state index in [2.05, 4.69) is 20.6 Å². The Morgan fingerprint density at radius 1 is 1.04 bits per heavy atom. The van der Waals surface area contributed by atoms with Crippen molar-refractivity contribution in [3.8, 4) is 5.75 Å². The van der Waals surface area contributed by atoms with Crippen LogP contribution in [0, 0.1) is 11.6 Å². The van der Waals surface area contributed by atoms with Crippen LogP contribution >= 0.6 is 0 Å². The van der Waals surface area contributed by atoms with Crippen molar-refractivity contribution in [2.75, 3.05) is 17.7 Å². The van der Waals surface area contributed by atoms with Gasteiger partial charge >= 0.3 is 0 Å². The molecule has 1 amide bonds. The quantitative estimate of drug-likeness (QED) is 0.728. The van der Waals surface area contributed by atoms with Crippen molar-refractivity contribution in [2.24, 2.45) is 0 Å². The minimum Gasteiger partial charge on any atom is -0.495 e. The first-order valence-electron chi connectivity index (χ1n) is 7.55. The van der Waals surface area contributed by atoms with Crippen molar-refractivity contribution in [2.45, 2.75) is 0 Å². The van der Waals surface area contributed by atoms with E-state index in [4.69, 9.17) is 4.74 Å². The number of carbonyl (C=O) groups excluding carboxylic acids is 1. The van der Waals surface area contributed by atoms with Crippen LogP contribution in [0.4, 0.5) is 26.1 Å². The third kappa shape index (κ3) is 3.92.